The monoisotopic (exact) mass is 466 g/mol. The van der Waals surface area contributed by atoms with Gasteiger partial charge in [-0.3, -0.25) is 9.78 Å². The predicted octanol–water partition coefficient (Wildman–Crippen LogP) is 2.08. The van der Waals surface area contributed by atoms with Crippen molar-refractivity contribution >= 4 is 18.7 Å². The van der Waals surface area contributed by atoms with Crippen molar-refractivity contribution in [3.05, 3.63) is 93.3 Å². The van der Waals surface area contributed by atoms with Crippen LogP contribution in [0.1, 0.15) is 26.3 Å². The van der Waals surface area contributed by atoms with Gasteiger partial charge in [0.1, 0.15) is 6.61 Å². The van der Waals surface area contributed by atoms with Crippen molar-refractivity contribution in [1.82, 2.24) is 9.55 Å². The predicted molar refractivity (Wildman–Crippen MR) is 130 cm³/mol. The highest BCUT2D eigenvalue weighted by Gasteiger charge is 2.53. The summed E-state index contributed by atoms with van der Waals surface area (Å²) in [6, 6.07) is 20.5. The molecule has 2 aromatic carbocycles. The first-order chi connectivity index (χ1) is 15.7. The highest BCUT2D eigenvalue weighted by atomic mass is 28.4. The molecular formula is C25H30N2O5Si. The first-order valence-electron chi connectivity index (χ1n) is 11.1. The van der Waals surface area contributed by atoms with E-state index in [1.165, 1.54) is 10.8 Å². The van der Waals surface area contributed by atoms with Crippen molar-refractivity contribution in [2.45, 2.75) is 38.6 Å². The maximum atomic E-state index is 12.7. The molecule has 1 N–H and O–H groups in total. The maximum Gasteiger partial charge on any atom is 0.332 e. The molecule has 0 spiro atoms. The second-order valence-electron chi connectivity index (χ2n) is 9.30. The highest BCUT2D eigenvalue weighted by Crippen LogP contribution is 2.38. The number of nitrogens with one attached hydrogen (secondary N) is 1. The molecule has 1 aliphatic heterocycles. The Hall–Kier alpha value is -2.78. The molecule has 8 heteroatoms. The van der Waals surface area contributed by atoms with E-state index < -0.39 is 25.5 Å². The van der Waals surface area contributed by atoms with Gasteiger partial charge in [0.15, 0.2) is 0 Å². The summed E-state index contributed by atoms with van der Waals surface area (Å²) in [5, 5.41) is 1.98. The van der Waals surface area contributed by atoms with E-state index in [-0.39, 0.29) is 11.6 Å². The van der Waals surface area contributed by atoms with E-state index in [9.17, 15) is 9.59 Å². The Bertz CT molecular complexity index is 1170. The van der Waals surface area contributed by atoms with Crippen LogP contribution in [0.15, 0.2) is 76.4 Å². The van der Waals surface area contributed by atoms with E-state index >= 15 is 0 Å². The molecule has 2 heterocycles. The average Bonchev–Trinajstić information content (AvgIpc) is 3.27. The van der Waals surface area contributed by atoms with Crippen LogP contribution in [0, 0.1) is 6.92 Å². The van der Waals surface area contributed by atoms with Crippen LogP contribution in [0.2, 0.25) is 5.04 Å². The second kappa shape index (κ2) is 8.87. The van der Waals surface area contributed by atoms with Gasteiger partial charge in [0.05, 0.1) is 13.2 Å². The number of ether oxygens (including phenoxy) is 2. The van der Waals surface area contributed by atoms with Gasteiger partial charge in [0.25, 0.3) is 19.8 Å². The Morgan fingerprint density at radius 3 is 1.97 bits per heavy atom. The number of aromatic amines is 1. The molecule has 0 unspecified atom stereocenters. The minimum absolute atomic E-state index is 0.00826. The molecule has 1 saturated heterocycles. The summed E-state index contributed by atoms with van der Waals surface area (Å²) < 4.78 is 20.3. The maximum absolute atomic E-state index is 12.7. The van der Waals surface area contributed by atoms with Gasteiger partial charge in [0, 0.05) is 11.8 Å². The molecular weight excluding hydrogens is 436 g/mol. The molecule has 1 fully saturated rings. The van der Waals surface area contributed by atoms with E-state index in [2.05, 4.69) is 50.0 Å². The van der Waals surface area contributed by atoms with Crippen LogP contribution >= 0.6 is 0 Å². The Morgan fingerprint density at radius 1 is 0.970 bits per heavy atom. The van der Waals surface area contributed by atoms with Crippen LogP contribution in [-0.4, -0.2) is 37.7 Å². The van der Waals surface area contributed by atoms with Crippen LogP contribution in [0.5, 0.6) is 0 Å². The second-order valence-corrected chi connectivity index (χ2v) is 13.6. The van der Waals surface area contributed by atoms with Crippen molar-refractivity contribution in [1.29, 1.82) is 0 Å². The van der Waals surface area contributed by atoms with Crippen molar-refractivity contribution in [3.63, 3.8) is 0 Å². The topological polar surface area (TPSA) is 82.6 Å². The van der Waals surface area contributed by atoms with Gasteiger partial charge in [-0.15, -0.1) is 0 Å². The largest absolute Gasteiger partial charge is 0.400 e. The summed E-state index contributed by atoms with van der Waals surface area (Å²) in [5.41, 5.74) is -0.644. The van der Waals surface area contributed by atoms with Crippen molar-refractivity contribution in [2.75, 3.05) is 19.8 Å². The SMILES string of the molecule is Cc1cn(C2(CO[Si](c3ccccc3)(c3ccccc3)C(C)(C)C)OCCO2)c(=O)[nH]c1=O. The Kier molecular flexibility index (Phi) is 6.28. The molecule has 0 amide bonds. The smallest absolute Gasteiger partial charge is 0.332 e. The summed E-state index contributed by atoms with van der Waals surface area (Å²) in [5.74, 6) is -1.46. The van der Waals surface area contributed by atoms with Crippen LogP contribution in [0.25, 0.3) is 0 Å². The summed E-state index contributed by atoms with van der Waals surface area (Å²) in [7, 11) is -2.89. The lowest BCUT2D eigenvalue weighted by atomic mass is 10.2. The fourth-order valence-corrected chi connectivity index (χ4v) is 9.07. The first-order valence-corrected chi connectivity index (χ1v) is 13.0. The van der Waals surface area contributed by atoms with Crippen LogP contribution in [-0.2, 0) is 19.8 Å². The van der Waals surface area contributed by atoms with Gasteiger partial charge >= 0.3 is 5.69 Å². The molecule has 1 aromatic heterocycles. The lowest BCUT2D eigenvalue weighted by Gasteiger charge is -2.44. The van der Waals surface area contributed by atoms with E-state index in [1.54, 1.807) is 6.92 Å². The van der Waals surface area contributed by atoms with Crippen molar-refractivity contribution < 1.29 is 13.9 Å². The quantitative estimate of drug-likeness (QED) is 0.563. The lowest BCUT2D eigenvalue weighted by molar-refractivity contribution is -0.244. The Labute approximate surface area is 194 Å². The molecule has 0 aliphatic carbocycles. The molecule has 3 aromatic rings. The van der Waals surface area contributed by atoms with Gasteiger partial charge in [-0.2, -0.15) is 0 Å². The van der Waals surface area contributed by atoms with Gasteiger partial charge in [0.2, 0.25) is 0 Å². The fraction of sp³-hybridized carbons (Fsp3) is 0.360. The third-order valence-electron chi connectivity index (χ3n) is 6.11. The van der Waals surface area contributed by atoms with Gasteiger partial charge in [-0.25, -0.2) is 9.36 Å². The third kappa shape index (κ3) is 4.15. The number of hydrogen-bond acceptors (Lipinski definition) is 5. The number of hydrogen-bond donors (Lipinski definition) is 1. The summed E-state index contributed by atoms with van der Waals surface area (Å²) in [6.45, 7) is 8.80. The Morgan fingerprint density at radius 2 is 1.48 bits per heavy atom. The minimum atomic E-state index is -2.89. The summed E-state index contributed by atoms with van der Waals surface area (Å²) >= 11 is 0. The van der Waals surface area contributed by atoms with E-state index in [0.29, 0.717) is 18.8 Å². The average molecular weight is 467 g/mol. The number of aryl methyl sites for hydroxylation is 1. The zero-order valence-electron chi connectivity index (χ0n) is 19.5. The fourth-order valence-electron chi connectivity index (χ4n) is 4.52. The summed E-state index contributed by atoms with van der Waals surface area (Å²) in [6.07, 6.45) is 1.47. The molecule has 0 bridgehead atoms. The highest BCUT2D eigenvalue weighted by molar-refractivity contribution is 6.99. The van der Waals surface area contributed by atoms with Gasteiger partial charge in [-0.1, -0.05) is 81.4 Å². The molecule has 0 saturated carbocycles. The number of benzene rings is 2. The van der Waals surface area contributed by atoms with Gasteiger partial charge < -0.3 is 13.9 Å². The standard InChI is InChI=1S/C25H30N2O5Si/c1-19-17-27(23(29)26-22(19)28)25(30-15-16-31-25)18-32-33(24(2,3)4,20-11-7-5-8-12-20)21-13-9-6-10-14-21/h5-14,17H,15-16,18H2,1-4H3,(H,26,28,29). The number of nitrogens with zero attached hydrogens (tertiary/aromatic N) is 1. The van der Waals surface area contributed by atoms with E-state index in [4.69, 9.17) is 13.9 Å². The lowest BCUT2D eigenvalue weighted by Crippen LogP contribution is -2.68. The number of H-pyrrole nitrogens is 1. The molecule has 4 rings (SSSR count). The van der Waals surface area contributed by atoms with E-state index in [1.807, 2.05) is 36.4 Å². The zero-order chi connectivity index (χ0) is 23.7. The molecule has 174 valence electrons. The van der Waals surface area contributed by atoms with Crippen LogP contribution < -0.4 is 21.6 Å². The third-order valence-corrected chi connectivity index (χ3v) is 11.1. The zero-order valence-corrected chi connectivity index (χ0v) is 20.5. The minimum Gasteiger partial charge on any atom is -0.400 e. The first kappa shape index (κ1) is 23.4. The van der Waals surface area contributed by atoms with Crippen molar-refractivity contribution in [2.24, 2.45) is 0 Å². The van der Waals surface area contributed by atoms with Crippen molar-refractivity contribution in [3.8, 4) is 0 Å². The summed E-state index contributed by atoms with van der Waals surface area (Å²) in [4.78, 5) is 27.1. The molecule has 33 heavy (non-hydrogen) atoms. The van der Waals surface area contributed by atoms with E-state index in [0.717, 1.165) is 10.4 Å². The molecule has 7 nitrogen and oxygen atoms in total. The normalized spacial score (nSPS) is 16.1. The number of rotatable bonds is 6. The number of aromatic nitrogens is 2. The van der Waals surface area contributed by atoms with Gasteiger partial charge in [-0.05, 0) is 22.3 Å². The molecule has 1 aliphatic rings. The molecule has 0 atom stereocenters. The van der Waals surface area contributed by atoms with Crippen LogP contribution in [0.4, 0.5) is 0 Å². The Balaban J connectivity index is 1.86. The molecule has 0 radical (unpaired) electrons. The van der Waals surface area contributed by atoms with Crippen LogP contribution in [0.3, 0.4) is 0 Å².